The van der Waals surface area contributed by atoms with Crippen LogP contribution in [0.3, 0.4) is 0 Å². The molecule has 0 aliphatic heterocycles. The average molecular weight is 335 g/mol. The number of carbonyl (C=O) groups excluding carboxylic acids is 1. The Morgan fingerprint density at radius 2 is 1.44 bits per heavy atom. The van der Waals surface area contributed by atoms with E-state index in [4.69, 9.17) is 4.42 Å². The Morgan fingerprint density at radius 1 is 0.880 bits per heavy atom. The zero-order valence-corrected chi connectivity index (χ0v) is 14.6. The second-order valence-corrected chi connectivity index (χ2v) is 6.36. The minimum atomic E-state index is -0.0803. The molecule has 5 nitrogen and oxygen atoms in total. The van der Waals surface area contributed by atoms with Crippen molar-refractivity contribution in [3.8, 4) is 22.9 Å². The van der Waals surface area contributed by atoms with Crippen LogP contribution in [0.1, 0.15) is 31.1 Å². The normalized spacial score (nSPS) is 12.2. The predicted molar refractivity (Wildman–Crippen MR) is 96.9 cm³/mol. The maximum Gasteiger partial charge on any atom is 0.251 e. The zero-order chi connectivity index (χ0) is 17.8. The standard InChI is InChI=1S/C20H21N3O2/c1-13(2)14(3)21-18(24)15-9-11-17(12-10-15)20-23-22-19(25-20)16-7-5-4-6-8-16/h4-14H,1-3H3,(H,21,24)/t14-/m1/s1. The van der Waals surface area contributed by atoms with Gasteiger partial charge in [-0.25, -0.2) is 0 Å². The number of hydrogen-bond acceptors (Lipinski definition) is 4. The first-order chi connectivity index (χ1) is 12.0. The molecule has 0 radical (unpaired) electrons. The minimum Gasteiger partial charge on any atom is -0.416 e. The fourth-order valence-electron chi connectivity index (χ4n) is 2.26. The highest BCUT2D eigenvalue weighted by atomic mass is 16.4. The Bertz CT molecular complexity index is 839. The number of nitrogens with one attached hydrogen (secondary N) is 1. The molecule has 2 aromatic carbocycles. The van der Waals surface area contributed by atoms with Crippen LogP contribution in [0, 0.1) is 5.92 Å². The number of nitrogens with zero attached hydrogens (tertiary/aromatic N) is 2. The van der Waals surface area contributed by atoms with Crippen LogP contribution < -0.4 is 5.32 Å². The topological polar surface area (TPSA) is 68.0 Å². The van der Waals surface area contributed by atoms with Crippen LogP contribution in [-0.2, 0) is 0 Å². The third kappa shape index (κ3) is 3.94. The molecule has 1 atom stereocenters. The van der Waals surface area contributed by atoms with Crippen molar-refractivity contribution in [2.24, 2.45) is 5.92 Å². The van der Waals surface area contributed by atoms with Gasteiger partial charge in [0.15, 0.2) is 0 Å². The molecule has 0 unspecified atom stereocenters. The fraction of sp³-hybridized carbons (Fsp3) is 0.250. The van der Waals surface area contributed by atoms with E-state index in [0.717, 1.165) is 11.1 Å². The number of amides is 1. The van der Waals surface area contributed by atoms with Crippen LogP contribution in [0.15, 0.2) is 59.0 Å². The van der Waals surface area contributed by atoms with Crippen LogP contribution in [-0.4, -0.2) is 22.1 Å². The predicted octanol–water partition coefficient (Wildman–Crippen LogP) is 4.18. The van der Waals surface area contributed by atoms with E-state index in [0.29, 0.717) is 23.3 Å². The van der Waals surface area contributed by atoms with Crippen LogP contribution in [0.5, 0.6) is 0 Å². The molecule has 0 fully saturated rings. The number of carbonyl (C=O) groups is 1. The van der Waals surface area contributed by atoms with Crippen LogP contribution >= 0.6 is 0 Å². The van der Waals surface area contributed by atoms with Gasteiger partial charge in [0.1, 0.15) is 0 Å². The van der Waals surface area contributed by atoms with Gasteiger partial charge in [0.25, 0.3) is 5.91 Å². The van der Waals surface area contributed by atoms with Crippen molar-refractivity contribution < 1.29 is 9.21 Å². The molecular formula is C20H21N3O2. The summed E-state index contributed by atoms with van der Waals surface area (Å²) in [4.78, 5) is 12.2. The van der Waals surface area contributed by atoms with Gasteiger partial charge in [-0.3, -0.25) is 4.79 Å². The van der Waals surface area contributed by atoms with Crippen LogP contribution in [0.25, 0.3) is 22.9 Å². The lowest BCUT2D eigenvalue weighted by Gasteiger charge is -2.17. The van der Waals surface area contributed by atoms with Crippen LogP contribution in [0.4, 0.5) is 0 Å². The maximum absolute atomic E-state index is 12.2. The van der Waals surface area contributed by atoms with Crippen molar-refractivity contribution in [2.45, 2.75) is 26.8 Å². The smallest absolute Gasteiger partial charge is 0.251 e. The Hall–Kier alpha value is -2.95. The zero-order valence-electron chi connectivity index (χ0n) is 14.6. The molecule has 5 heteroatoms. The number of rotatable bonds is 5. The van der Waals surface area contributed by atoms with E-state index in [1.54, 1.807) is 12.1 Å². The summed E-state index contributed by atoms with van der Waals surface area (Å²) in [5, 5.41) is 11.2. The second kappa shape index (κ2) is 7.30. The van der Waals surface area contributed by atoms with E-state index >= 15 is 0 Å². The second-order valence-electron chi connectivity index (χ2n) is 6.36. The van der Waals surface area contributed by atoms with Crippen LogP contribution in [0.2, 0.25) is 0 Å². The number of benzene rings is 2. The summed E-state index contributed by atoms with van der Waals surface area (Å²) in [5.41, 5.74) is 2.27. The lowest BCUT2D eigenvalue weighted by atomic mass is 10.1. The van der Waals surface area contributed by atoms with Gasteiger partial charge in [0.2, 0.25) is 11.8 Å². The molecule has 128 valence electrons. The van der Waals surface area contributed by atoms with Crippen molar-refractivity contribution >= 4 is 5.91 Å². The van der Waals surface area contributed by atoms with Gasteiger partial charge in [-0.1, -0.05) is 32.0 Å². The Kier molecular flexibility index (Phi) is 4.93. The highest BCUT2D eigenvalue weighted by Crippen LogP contribution is 2.23. The first-order valence-electron chi connectivity index (χ1n) is 8.35. The Morgan fingerprint density at radius 3 is 2.00 bits per heavy atom. The summed E-state index contributed by atoms with van der Waals surface area (Å²) in [7, 11) is 0. The van der Waals surface area contributed by atoms with Crippen molar-refractivity contribution in [3.63, 3.8) is 0 Å². The third-order valence-corrected chi connectivity index (χ3v) is 4.20. The maximum atomic E-state index is 12.2. The molecule has 3 aromatic rings. The molecule has 1 amide bonds. The summed E-state index contributed by atoms with van der Waals surface area (Å²) in [5.74, 6) is 1.21. The molecule has 0 spiro atoms. The van der Waals surface area contributed by atoms with Gasteiger partial charge in [0.05, 0.1) is 0 Å². The molecule has 0 saturated carbocycles. The van der Waals surface area contributed by atoms with E-state index in [2.05, 4.69) is 29.4 Å². The highest BCUT2D eigenvalue weighted by Gasteiger charge is 2.14. The summed E-state index contributed by atoms with van der Waals surface area (Å²) in [6, 6.07) is 16.9. The first-order valence-corrected chi connectivity index (χ1v) is 8.35. The molecule has 0 aliphatic carbocycles. The van der Waals surface area contributed by atoms with Crippen molar-refractivity contribution in [2.75, 3.05) is 0 Å². The number of aromatic nitrogens is 2. The Labute approximate surface area is 147 Å². The molecule has 0 bridgehead atoms. The average Bonchev–Trinajstić information content (AvgIpc) is 3.12. The van der Waals surface area contributed by atoms with Crippen molar-refractivity contribution in [1.29, 1.82) is 0 Å². The van der Waals surface area contributed by atoms with Crippen molar-refractivity contribution in [3.05, 3.63) is 60.2 Å². The molecule has 1 heterocycles. The SMILES string of the molecule is CC(C)[C@@H](C)NC(=O)c1ccc(-c2nnc(-c3ccccc3)o2)cc1. The lowest BCUT2D eigenvalue weighted by Crippen LogP contribution is -2.36. The summed E-state index contributed by atoms with van der Waals surface area (Å²) in [6.45, 7) is 6.16. The minimum absolute atomic E-state index is 0.0803. The molecule has 0 aliphatic rings. The fourth-order valence-corrected chi connectivity index (χ4v) is 2.26. The summed E-state index contributed by atoms with van der Waals surface area (Å²) >= 11 is 0. The van der Waals surface area contributed by atoms with E-state index in [1.807, 2.05) is 49.4 Å². The molecule has 0 saturated heterocycles. The van der Waals surface area contributed by atoms with E-state index in [1.165, 1.54) is 0 Å². The Balaban J connectivity index is 1.75. The third-order valence-electron chi connectivity index (χ3n) is 4.20. The molecule has 3 rings (SSSR count). The first kappa shape index (κ1) is 16.9. The van der Waals surface area contributed by atoms with E-state index < -0.39 is 0 Å². The highest BCUT2D eigenvalue weighted by molar-refractivity contribution is 5.94. The molecule has 1 aromatic heterocycles. The van der Waals surface area contributed by atoms with E-state index in [9.17, 15) is 4.79 Å². The lowest BCUT2D eigenvalue weighted by molar-refractivity contribution is 0.0930. The van der Waals surface area contributed by atoms with E-state index in [-0.39, 0.29) is 11.9 Å². The van der Waals surface area contributed by atoms with Crippen molar-refractivity contribution in [1.82, 2.24) is 15.5 Å². The summed E-state index contributed by atoms with van der Waals surface area (Å²) < 4.78 is 5.73. The molecular weight excluding hydrogens is 314 g/mol. The summed E-state index contributed by atoms with van der Waals surface area (Å²) in [6.07, 6.45) is 0. The van der Waals surface area contributed by atoms with Gasteiger partial charge in [0, 0.05) is 22.7 Å². The van der Waals surface area contributed by atoms with Gasteiger partial charge >= 0.3 is 0 Å². The van der Waals surface area contributed by atoms with Gasteiger partial charge < -0.3 is 9.73 Å². The monoisotopic (exact) mass is 335 g/mol. The molecule has 1 N–H and O–H groups in total. The quantitative estimate of drug-likeness (QED) is 0.759. The van der Waals surface area contributed by atoms with Gasteiger partial charge in [-0.05, 0) is 49.2 Å². The van der Waals surface area contributed by atoms with Gasteiger partial charge in [-0.2, -0.15) is 0 Å². The largest absolute Gasteiger partial charge is 0.416 e. The number of hydrogen-bond donors (Lipinski definition) is 1. The molecule has 25 heavy (non-hydrogen) atoms. The van der Waals surface area contributed by atoms with Gasteiger partial charge in [-0.15, -0.1) is 10.2 Å².